The molecule has 1 amide bonds. The van der Waals surface area contributed by atoms with Crippen LogP contribution in [-0.4, -0.2) is 50.5 Å². The quantitative estimate of drug-likeness (QED) is 0.786. The molecule has 0 aromatic heterocycles. The second kappa shape index (κ2) is 7.50. The molecule has 2 heterocycles. The number of rotatable bonds is 3. The fourth-order valence-corrected chi connectivity index (χ4v) is 4.08. The van der Waals surface area contributed by atoms with E-state index in [4.69, 9.17) is 15.2 Å². The molecule has 154 valence electrons. The lowest BCUT2D eigenvalue weighted by molar-refractivity contribution is 0.0139. The zero-order valence-corrected chi connectivity index (χ0v) is 17.1. The lowest BCUT2D eigenvalue weighted by Crippen LogP contribution is -2.44. The van der Waals surface area contributed by atoms with Gasteiger partial charge in [-0.15, -0.1) is 4.40 Å². The van der Waals surface area contributed by atoms with Crippen molar-refractivity contribution in [2.24, 2.45) is 16.0 Å². The minimum Gasteiger partial charge on any atom is -0.492 e. The number of piperidine rings is 1. The van der Waals surface area contributed by atoms with Crippen LogP contribution in [0.1, 0.15) is 39.2 Å². The summed E-state index contributed by atoms with van der Waals surface area (Å²) in [6, 6.07) is 5.00. The number of likely N-dealkylation sites (tertiary alicyclic amines) is 1. The lowest BCUT2D eigenvalue weighted by atomic mass is 9.99. The van der Waals surface area contributed by atoms with E-state index in [1.807, 2.05) is 20.8 Å². The first-order valence-electron chi connectivity index (χ1n) is 9.16. The summed E-state index contributed by atoms with van der Waals surface area (Å²) in [5.41, 5.74) is 6.06. The van der Waals surface area contributed by atoms with Crippen LogP contribution in [0.15, 0.2) is 22.6 Å². The fraction of sp³-hybridized carbons (Fsp3) is 0.556. The van der Waals surface area contributed by atoms with E-state index < -0.39 is 15.8 Å². The number of nitrogens with zero attached hydrogens (tertiary/aromatic N) is 2. The van der Waals surface area contributed by atoms with E-state index >= 15 is 0 Å². The zero-order valence-electron chi connectivity index (χ0n) is 16.3. The molecule has 0 aliphatic carbocycles. The maximum absolute atomic E-state index is 12.3. The SMILES string of the molecule is CC(C)(C)OC(=O)N1CCCC(COc2cccc3c2C(N)=NS(=O)(=O)N3)C1. The monoisotopic (exact) mass is 410 g/mol. The van der Waals surface area contributed by atoms with Gasteiger partial charge in [-0.2, -0.15) is 8.42 Å². The molecule has 1 aromatic carbocycles. The van der Waals surface area contributed by atoms with Crippen molar-refractivity contribution < 1.29 is 22.7 Å². The summed E-state index contributed by atoms with van der Waals surface area (Å²) < 4.78 is 40.6. The van der Waals surface area contributed by atoms with Crippen LogP contribution in [-0.2, 0) is 14.9 Å². The lowest BCUT2D eigenvalue weighted by Gasteiger charge is -2.34. The van der Waals surface area contributed by atoms with Crippen LogP contribution in [0.25, 0.3) is 0 Å². The van der Waals surface area contributed by atoms with Crippen LogP contribution in [0, 0.1) is 5.92 Å². The van der Waals surface area contributed by atoms with E-state index in [0.717, 1.165) is 12.8 Å². The minimum absolute atomic E-state index is 0.108. The molecule has 0 saturated carbocycles. The highest BCUT2D eigenvalue weighted by atomic mass is 32.2. The maximum atomic E-state index is 12.3. The highest BCUT2D eigenvalue weighted by Crippen LogP contribution is 2.31. The van der Waals surface area contributed by atoms with Gasteiger partial charge in [0.15, 0.2) is 5.84 Å². The summed E-state index contributed by atoms with van der Waals surface area (Å²) in [5.74, 6) is 0.481. The van der Waals surface area contributed by atoms with Crippen LogP contribution < -0.4 is 15.2 Å². The number of ether oxygens (including phenoxy) is 2. The maximum Gasteiger partial charge on any atom is 0.410 e. The van der Waals surface area contributed by atoms with E-state index in [9.17, 15) is 13.2 Å². The molecule has 0 bridgehead atoms. The molecule has 3 N–H and O–H groups in total. The van der Waals surface area contributed by atoms with Crippen molar-refractivity contribution >= 4 is 27.8 Å². The van der Waals surface area contributed by atoms with Crippen molar-refractivity contribution in [3.63, 3.8) is 0 Å². The van der Waals surface area contributed by atoms with E-state index in [1.54, 1.807) is 23.1 Å². The first-order valence-corrected chi connectivity index (χ1v) is 10.6. The van der Waals surface area contributed by atoms with Crippen molar-refractivity contribution in [2.45, 2.75) is 39.2 Å². The summed E-state index contributed by atoms with van der Waals surface area (Å²) in [6.45, 7) is 7.10. The number of benzene rings is 1. The second-order valence-electron chi connectivity index (χ2n) is 7.98. The molecule has 10 heteroatoms. The molecular formula is C18H26N4O5S. The van der Waals surface area contributed by atoms with Crippen LogP contribution >= 0.6 is 0 Å². The Balaban J connectivity index is 1.66. The molecule has 1 aromatic rings. The average molecular weight is 410 g/mol. The predicted molar refractivity (Wildman–Crippen MR) is 106 cm³/mol. The van der Waals surface area contributed by atoms with Gasteiger partial charge < -0.3 is 20.1 Å². The van der Waals surface area contributed by atoms with Gasteiger partial charge in [-0.3, -0.25) is 4.72 Å². The number of hydrogen-bond donors (Lipinski definition) is 2. The zero-order chi connectivity index (χ0) is 20.5. The summed E-state index contributed by atoms with van der Waals surface area (Å²) in [7, 11) is -3.83. The third-order valence-electron chi connectivity index (χ3n) is 4.39. The van der Waals surface area contributed by atoms with E-state index in [-0.39, 0.29) is 17.8 Å². The van der Waals surface area contributed by atoms with Crippen molar-refractivity contribution in [1.82, 2.24) is 4.90 Å². The molecule has 1 fully saturated rings. The second-order valence-corrected chi connectivity index (χ2v) is 9.31. The topological polar surface area (TPSA) is 123 Å². The summed E-state index contributed by atoms with van der Waals surface area (Å²) in [4.78, 5) is 14.0. The van der Waals surface area contributed by atoms with Gasteiger partial charge in [0.1, 0.15) is 11.4 Å². The predicted octanol–water partition coefficient (Wildman–Crippen LogP) is 2.09. The average Bonchev–Trinajstić information content (AvgIpc) is 2.57. The number of fused-ring (bicyclic) bond motifs is 1. The van der Waals surface area contributed by atoms with Crippen molar-refractivity contribution in [3.05, 3.63) is 23.8 Å². The minimum atomic E-state index is -3.83. The summed E-state index contributed by atoms with van der Waals surface area (Å²) >= 11 is 0. The Morgan fingerprint density at radius 2 is 2.14 bits per heavy atom. The number of nitrogens with one attached hydrogen (secondary N) is 1. The Kier molecular flexibility index (Phi) is 5.42. The van der Waals surface area contributed by atoms with Crippen molar-refractivity contribution in [3.8, 4) is 5.75 Å². The van der Waals surface area contributed by atoms with Gasteiger partial charge in [-0.1, -0.05) is 6.07 Å². The Hall–Kier alpha value is -2.49. The van der Waals surface area contributed by atoms with Crippen LogP contribution in [0.2, 0.25) is 0 Å². The Morgan fingerprint density at radius 1 is 1.39 bits per heavy atom. The van der Waals surface area contributed by atoms with Crippen LogP contribution in [0.3, 0.4) is 0 Å². The first kappa shape index (κ1) is 20.2. The largest absolute Gasteiger partial charge is 0.492 e. The standard InChI is InChI=1S/C18H26N4O5S/c1-18(2,3)27-17(23)22-9-5-6-12(10-22)11-26-14-8-4-7-13-15(14)16(19)21-28(24,25)20-13/h4,7-8,12,20H,5-6,9-11H2,1-3H3,(H2,19,21). The molecule has 1 atom stereocenters. The first-order chi connectivity index (χ1) is 13.0. The van der Waals surface area contributed by atoms with Gasteiger partial charge in [-0.25, -0.2) is 4.79 Å². The highest BCUT2D eigenvalue weighted by Gasteiger charge is 2.29. The van der Waals surface area contributed by atoms with E-state index in [0.29, 0.717) is 36.7 Å². The van der Waals surface area contributed by atoms with Gasteiger partial charge in [0.05, 0.1) is 17.9 Å². The van der Waals surface area contributed by atoms with Crippen LogP contribution in [0.4, 0.5) is 10.5 Å². The Bertz CT molecular complexity index is 892. The number of carbonyl (C=O) groups is 1. The van der Waals surface area contributed by atoms with Gasteiger partial charge in [-0.05, 0) is 45.7 Å². The number of hydrogen-bond acceptors (Lipinski definition) is 6. The molecular weight excluding hydrogens is 384 g/mol. The van der Waals surface area contributed by atoms with Gasteiger partial charge >= 0.3 is 16.3 Å². The molecule has 2 aliphatic rings. The normalized spacial score (nSPS) is 21.2. The molecule has 9 nitrogen and oxygen atoms in total. The van der Waals surface area contributed by atoms with Crippen molar-refractivity contribution in [1.29, 1.82) is 0 Å². The molecule has 1 saturated heterocycles. The number of anilines is 1. The number of carbonyl (C=O) groups excluding carboxylic acids is 1. The van der Waals surface area contributed by atoms with Crippen molar-refractivity contribution in [2.75, 3.05) is 24.4 Å². The Labute approximate surface area is 165 Å². The third kappa shape index (κ3) is 4.86. The van der Waals surface area contributed by atoms with Gasteiger partial charge in [0.25, 0.3) is 0 Å². The number of nitrogens with two attached hydrogens (primary N) is 1. The summed E-state index contributed by atoms with van der Waals surface area (Å²) in [6.07, 6.45) is 1.47. The molecule has 0 spiro atoms. The third-order valence-corrected chi connectivity index (χ3v) is 5.30. The highest BCUT2D eigenvalue weighted by molar-refractivity contribution is 7.91. The number of amidine groups is 1. The molecule has 2 aliphatic heterocycles. The molecule has 1 unspecified atom stereocenters. The molecule has 0 radical (unpaired) electrons. The van der Waals surface area contributed by atoms with E-state index in [1.165, 1.54) is 0 Å². The van der Waals surface area contributed by atoms with E-state index in [2.05, 4.69) is 9.12 Å². The smallest absolute Gasteiger partial charge is 0.410 e. The van der Waals surface area contributed by atoms with Crippen LogP contribution in [0.5, 0.6) is 5.75 Å². The van der Waals surface area contributed by atoms with Gasteiger partial charge in [0.2, 0.25) is 0 Å². The number of amides is 1. The molecule has 28 heavy (non-hydrogen) atoms. The fourth-order valence-electron chi connectivity index (χ4n) is 3.24. The van der Waals surface area contributed by atoms with Gasteiger partial charge in [0, 0.05) is 19.0 Å². The molecule has 3 rings (SSSR count). The summed E-state index contributed by atoms with van der Waals surface area (Å²) in [5, 5.41) is 0. The Morgan fingerprint density at radius 3 is 2.86 bits per heavy atom.